The molecule has 0 spiro atoms. The van der Waals surface area contributed by atoms with Crippen LogP contribution < -0.4 is 5.73 Å². The van der Waals surface area contributed by atoms with Crippen LogP contribution in [-0.4, -0.2) is 18.8 Å². The molecule has 0 radical (unpaired) electrons. The molecule has 102 valence electrons. The minimum Gasteiger partial charge on any atom is -0.464 e. The van der Waals surface area contributed by atoms with Gasteiger partial charge in [-0.25, -0.2) is 0 Å². The van der Waals surface area contributed by atoms with E-state index in [-0.39, 0.29) is 11.0 Å². The number of para-hydroxylation sites is 1. The van der Waals surface area contributed by atoms with E-state index in [9.17, 15) is 0 Å². The molecule has 1 saturated heterocycles. The van der Waals surface area contributed by atoms with Crippen LogP contribution in [0.25, 0.3) is 11.0 Å². The zero-order chi connectivity index (χ0) is 13.5. The molecular formula is C16H21NO2. The smallest absolute Gasteiger partial charge is 0.134 e. The Hall–Kier alpha value is -1.32. The van der Waals surface area contributed by atoms with Crippen molar-refractivity contribution in [3.05, 3.63) is 36.1 Å². The molecule has 0 unspecified atom stereocenters. The van der Waals surface area contributed by atoms with Crippen LogP contribution in [0.5, 0.6) is 0 Å². The van der Waals surface area contributed by atoms with Crippen molar-refractivity contribution in [3.63, 3.8) is 0 Å². The predicted molar refractivity (Wildman–Crippen MR) is 76.2 cm³/mol. The van der Waals surface area contributed by atoms with Gasteiger partial charge in [0.2, 0.25) is 0 Å². The summed E-state index contributed by atoms with van der Waals surface area (Å²) in [6.07, 6.45) is 3.92. The van der Waals surface area contributed by atoms with Gasteiger partial charge < -0.3 is 14.9 Å². The Labute approximate surface area is 113 Å². The maximum absolute atomic E-state index is 6.12. The maximum atomic E-state index is 6.12. The number of furan rings is 1. The van der Waals surface area contributed by atoms with Crippen LogP contribution in [0.2, 0.25) is 0 Å². The molecule has 1 fully saturated rings. The highest BCUT2D eigenvalue weighted by molar-refractivity contribution is 5.82. The summed E-state index contributed by atoms with van der Waals surface area (Å²) in [6.45, 7) is 5.70. The third-order valence-electron chi connectivity index (χ3n) is 4.06. The Balaban J connectivity index is 1.93. The van der Waals surface area contributed by atoms with Crippen molar-refractivity contribution >= 4 is 11.0 Å². The van der Waals surface area contributed by atoms with Crippen molar-refractivity contribution in [2.24, 2.45) is 5.73 Å². The first kappa shape index (κ1) is 12.7. The van der Waals surface area contributed by atoms with Crippen molar-refractivity contribution < 1.29 is 9.15 Å². The zero-order valence-electron chi connectivity index (χ0n) is 11.6. The third-order valence-corrected chi connectivity index (χ3v) is 4.06. The molecule has 1 aromatic heterocycles. The van der Waals surface area contributed by atoms with Crippen LogP contribution in [0.3, 0.4) is 0 Å². The molecule has 0 atom stereocenters. The highest BCUT2D eigenvalue weighted by atomic mass is 16.5. The molecule has 19 heavy (non-hydrogen) atoms. The summed E-state index contributed by atoms with van der Waals surface area (Å²) >= 11 is 0. The van der Waals surface area contributed by atoms with Gasteiger partial charge in [0.15, 0.2) is 0 Å². The van der Waals surface area contributed by atoms with Gasteiger partial charge in [-0.2, -0.15) is 0 Å². The third kappa shape index (κ3) is 2.28. The predicted octanol–water partition coefficient (Wildman–Crippen LogP) is 3.22. The van der Waals surface area contributed by atoms with Gasteiger partial charge >= 0.3 is 0 Å². The first-order chi connectivity index (χ1) is 9.00. The van der Waals surface area contributed by atoms with E-state index >= 15 is 0 Å². The van der Waals surface area contributed by atoms with E-state index in [0.717, 1.165) is 31.6 Å². The largest absolute Gasteiger partial charge is 0.464 e. The van der Waals surface area contributed by atoms with E-state index in [1.54, 1.807) is 0 Å². The SMILES string of the molecule is CC(C)(N)CCC1(c2coc3ccccc23)COC1. The fourth-order valence-electron chi connectivity index (χ4n) is 2.73. The number of hydrogen-bond acceptors (Lipinski definition) is 3. The lowest BCUT2D eigenvalue weighted by Gasteiger charge is -2.42. The summed E-state index contributed by atoms with van der Waals surface area (Å²) < 4.78 is 11.2. The van der Waals surface area contributed by atoms with Crippen molar-refractivity contribution in [2.75, 3.05) is 13.2 Å². The normalized spacial score (nSPS) is 18.5. The Morgan fingerprint density at radius 2 is 2.00 bits per heavy atom. The van der Waals surface area contributed by atoms with E-state index in [1.807, 2.05) is 18.4 Å². The lowest BCUT2D eigenvalue weighted by molar-refractivity contribution is -0.0665. The van der Waals surface area contributed by atoms with Crippen LogP contribution in [0.15, 0.2) is 34.9 Å². The molecule has 3 rings (SSSR count). The summed E-state index contributed by atoms with van der Waals surface area (Å²) in [6, 6.07) is 8.20. The monoisotopic (exact) mass is 259 g/mol. The molecule has 0 saturated carbocycles. The summed E-state index contributed by atoms with van der Waals surface area (Å²) in [7, 11) is 0. The van der Waals surface area contributed by atoms with E-state index in [2.05, 4.69) is 26.0 Å². The Morgan fingerprint density at radius 1 is 1.26 bits per heavy atom. The van der Waals surface area contributed by atoms with E-state index in [4.69, 9.17) is 14.9 Å². The highest BCUT2D eigenvalue weighted by Crippen LogP contribution is 2.42. The number of hydrogen-bond donors (Lipinski definition) is 1. The molecule has 1 aliphatic rings. The van der Waals surface area contributed by atoms with Crippen LogP contribution >= 0.6 is 0 Å². The summed E-state index contributed by atoms with van der Waals surface area (Å²) in [5.41, 5.74) is 8.30. The second-order valence-corrected chi connectivity index (χ2v) is 6.41. The van der Waals surface area contributed by atoms with Gasteiger partial charge in [0, 0.05) is 21.9 Å². The minimum atomic E-state index is -0.137. The van der Waals surface area contributed by atoms with Crippen molar-refractivity contribution in [1.29, 1.82) is 0 Å². The zero-order valence-corrected chi connectivity index (χ0v) is 11.6. The summed E-state index contributed by atoms with van der Waals surface area (Å²) in [5.74, 6) is 0. The molecule has 2 N–H and O–H groups in total. The maximum Gasteiger partial charge on any atom is 0.134 e. The average molecular weight is 259 g/mol. The molecule has 0 amide bonds. The highest BCUT2D eigenvalue weighted by Gasteiger charge is 2.42. The lowest BCUT2D eigenvalue weighted by Crippen LogP contribution is -2.48. The molecule has 3 nitrogen and oxygen atoms in total. The second kappa shape index (κ2) is 4.36. The quantitative estimate of drug-likeness (QED) is 0.917. The van der Waals surface area contributed by atoms with Crippen LogP contribution in [-0.2, 0) is 10.2 Å². The van der Waals surface area contributed by atoms with Gasteiger partial charge in [-0.15, -0.1) is 0 Å². The van der Waals surface area contributed by atoms with Crippen molar-refractivity contribution in [1.82, 2.24) is 0 Å². The van der Waals surface area contributed by atoms with Crippen LogP contribution in [0, 0.1) is 0 Å². The van der Waals surface area contributed by atoms with Gasteiger partial charge in [0.25, 0.3) is 0 Å². The van der Waals surface area contributed by atoms with Gasteiger partial charge in [-0.1, -0.05) is 18.2 Å². The molecule has 3 heteroatoms. The minimum absolute atomic E-state index is 0.0866. The lowest BCUT2D eigenvalue weighted by atomic mass is 9.73. The Bertz CT molecular complexity index is 576. The molecule has 2 heterocycles. The molecule has 1 aliphatic heterocycles. The molecule has 1 aromatic carbocycles. The Kier molecular flexibility index (Phi) is 2.91. The van der Waals surface area contributed by atoms with Gasteiger partial charge in [-0.3, -0.25) is 0 Å². The fourth-order valence-corrected chi connectivity index (χ4v) is 2.73. The van der Waals surface area contributed by atoms with Gasteiger partial charge in [0.1, 0.15) is 5.58 Å². The fraction of sp³-hybridized carbons (Fsp3) is 0.500. The van der Waals surface area contributed by atoms with Gasteiger partial charge in [-0.05, 0) is 32.8 Å². The first-order valence-electron chi connectivity index (χ1n) is 6.84. The van der Waals surface area contributed by atoms with Crippen LogP contribution in [0.1, 0.15) is 32.3 Å². The molecule has 0 aliphatic carbocycles. The van der Waals surface area contributed by atoms with E-state index < -0.39 is 0 Å². The van der Waals surface area contributed by atoms with E-state index in [0.29, 0.717) is 0 Å². The number of rotatable bonds is 4. The summed E-state index contributed by atoms with van der Waals surface area (Å²) in [4.78, 5) is 0. The van der Waals surface area contributed by atoms with Crippen LogP contribution in [0.4, 0.5) is 0 Å². The first-order valence-corrected chi connectivity index (χ1v) is 6.84. The average Bonchev–Trinajstić information content (AvgIpc) is 2.71. The topological polar surface area (TPSA) is 48.4 Å². The standard InChI is InChI=1S/C16H21NO2/c1-15(2,17)7-8-16(10-18-11-16)13-9-19-14-6-4-3-5-12(13)14/h3-6,9H,7-8,10-11,17H2,1-2H3. The number of benzene rings is 1. The van der Waals surface area contributed by atoms with Crippen molar-refractivity contribution in [2.45, 2.75) is 37.6 Å². The molecular weight excluding hydrogens is 238 g/mol. The number of ether oxygens (including phenoxy) is 1. The van der Waals surface area contributed by atoms with Crippen molar-refractivity contribution in [3.8, 4) is 0 Å². The number of fused-ring (bicyclic) bond motifs is 1. The van der Waals surface area contributed by atoms with Gasteiger partial charge in [0.05, 0.1) is 19.5 Å². The van der Waals surface area contributed by atoms with E-state index in [1.165, 1.54) is 10.9 Å². The number of nitrogens with two attached hydrogens (primary N) is 1. The second-order valence-electron chi connectivity index (χ2n) is 6.41. The molecule has 2 aromatic rings. The Morgan fingerprint density at radius 3 is 2.63 bits per heavy atom. The molecule has 0 bridgehead atoms. The summed E-state index contributed by atoms with van der Waals surface area (Å²) in [5, 5.41) is 1.21.